The molecule has 4 heteroatoms. The van der Waals surface area contributed by atoms with E-state index >= 15 is 0 Å². The summed E-state index contributed by atoms with van der Waals surface area (Å²) in [5.74, 6) is 0.962. The Morgan fingerprint density at radius 1 is 1.56 bits per heavy atom. The normalized spacial score (nSPS) is 19.2. The lowest BCUT2D eigenvalue weighted by Gasteiger charge is -2.28. The van der Waals surface area contributed by atoms with Gasteiger partial charge in [-0.2, -0.15) is 0 Å². The lowest BCUT2D eigenvalue weighted by Crippen LogP contribution is -2.37. The maximum absolute atomic E-state index is 10.6. The molecule has 88 valence electrons. The Bertz CT molecular complexity index is 393. The standard InChI is InChI=1S/C12H16BrNO2/c1-16-11-5-4-9(13)6-10(11)12(15,7-14)8-2-3-8/h4-6,8,15H,2-3,7,14H2,1H3. The molecule has 1 aromatic rings. The van der Waals surface area contributed by atoms with E-state index in [1.54, 1.807) is 7.11 Å². The number of methoxy groups -OCH3 is 1. The Kier molecular flexibility index (Phi) is 3.24. The molecule has 1 saturated carbocycles. The number of aliphatic hydroxyl groups is 1. The third kappa shape index (κ3) is 1.97. The monoisotopic (exact) mass is 285 g/mol. The van der Waals surface area contributed by atoms with E-state index in [0.717, 1.165) is 22.9 Å². The summed E-state index contributed by atoms with van der Waals surface area (Å²) in [6.45, 7) is 0.227. The lowest BCUT2D eigenvalue weighted by molar-refractivity contribution is 0.0199. The summed E-state index contributed by atoms with van der Waals surface area (Å²) in [6, 6.07) is 5.64. The Labute approximate surface area is 104 Å². The highest BCUT2D eigenvalue weighted by Crippen LogP contribution is 2.48. The Hall–Kier alpha value is -0.580. The number of ether oxygens (including phenoxy) is 1. The molecular weight excluding hydrogens is 270 g/mol. The molecule has 1 aliphatic rings. The van der Waals surface area contributed by atoms with Gasteiger partial charge in [-0.3, -0.25) is 0 Å². The molecular formula is C12H16BrNO2. The smallest absolute Gasteiger partial charge is 0.125 e. The van der Waals surface area contributed by atoms with Crippen LogP contribution < -0.4 is 10.5 Å². The average Bonchev–Trinajstić information content (AvgIpc) is 3.12. The van der Waals surface area contributed by atoms with Gasteiger partial charge in [0.25, 0.3) is 0 Å². The predicted octanol–water partition coefficient (Wildman–Crippen LogP) is 2.01. The second-order valence-corrected chi connectivity index (χ2v) is 5.16. The van der Waals surface area contributed by atoms with Crippen LogP contribution in [0.3, 0.4) is 0 Å². The fourth-order valence-corrected chi connectivity index (χ4v) is 2.44. The Morgan fingerprint density at radius 3 is 2.75 bits per heavy atom. The number of hydrogen-bond donors (Lipinski definition) is 2. The molecule has 1 unspecified atom stereocenters. The Morgan fingerprint density at radius 2 is 2.25 bits per heavy atom. The van der Waals surface area contributed by atoms with Crippen LogP contribution in [0.15, 0.2) is 22.7 Å². The largest absolute Gasteiger partial charge is 0.496 e. The summed E-state index contributed by atoms with van der Waals surface area (Å²) in [6.07, 6.45) is 2.06. The van der Waals surface area contributed by atoms with Crippen molar-refractivity contribution < 1.29 is 9.84 Å². The van der Waals surface area contributed by atoms with Crippen LogP contribution >= 0.6 is 15.9 Å². The van der Waals surface area contributed by atoms with E-state index < -0.39 is 5.60 Å². The number of halogens is 1. The van der Waals surface area contributed by atoms with Gasteiger partial charge in [0.1, 0.15) is 11.4 Å². The van der Waals surface area contributed by atoms with E-state index in [2.05, 4.69) is 15.9 Å². The molecule has 3 N–H and O–H groups in total. The average molecular weight is 286 g/mol. The van der Waals surface area contributed by atoms with Gasteiger partial charge in [-0.1, -0.05) is 15.9 Å². The van der Waals surface area contributed by atoms with Gasteiger partial charge in [-0.25, -0.2) is 0 Å². The van der Waals surface area contributed by atoms with Crippen molar-refractivity contribution in [1.82, 2.24) is 0 Å². The van der Waals surface area contributed by atoms with Gasteiger partial charge in [-0.15, -0.1) is 0 Å². The Balaban J connectivity index is 2.47. The first kappa shape index (κ1) is 11.9. The van der Waals surface area contributed by atoms with Crippen LogP contribution in [-0.4, -0.2) is 18.8 Å². The molecule has 3 nitrogen and oxygen atoms in total. The van der Waals surface area contributed by atoms with E-state index in [1.807, 2.05) is 18.2 Å². The third-order valence-corrected chi connectivity index (χ3v) is 3.69. The van der Waals surface area contributed by atoms with E-state index in [4.69, 9.17) is 10.5 Å². The fourth-order valence-electron chi connectivity index (χ4n) is 2.08. The summed E-state index contributed by atoms with van der Waals surface area (Å²) in [5, 5.41) is 10.6. The molecule has 0 saturated heterocycles. The molecule has 0 aliphatic heterocycles. The van der Waals surface area contributed by atoms with Crippen molar-refractivity contribution in [2.75, 3.05) is 13.7 Å². The van der Waals surface area contributed by atoms with Crippen LogP contribution in [0.25, 0.3) is 0 Å². The van der Waals surface area contributed by atoms with Crippen molar-refractivity contribution >= 4 is 15.9 Å². The van der Waals surface area contributed by atoms with E-state index in [0.29, 0.717) is 5.75 Å². The molecule has 0 spiro atoms. The first-order valence-electron chi connectivity index (χ1n) is 5.38. The van der Waals surface area contributed by atoms with E-state index in [1.165, 1.54) is 0 Å². The fraction of sp³-hybridized carbons (Fsp3) is 0.500. The van der Waals surface area contributed by atoms with Gasteiger partial charge in [0.2, 0.25) is 0 Å². The number of nitrogens with two attached hydrogens (primary N) is 1. The van der Waals surface area contributed by atoms with Crippen molar-refractivity contribution in [3.63, 3.8) is 0 Å². The van der Waals surface area contributed by atoms with Crippen molar-refractivity contribution in [2.24, 2.45) is 11.7 Å². The van der Waals surface area contributed by atoms with E-state index in [9.17, 15) is 5.11 Å². The first-order chi connectivity index (χ1) is 7.61. The third-order valence-electron chi connectivity index (χ3n) is 3.19. The summed E-state index contributed by atoms with van der Waals surface area (Å²) >= 11 is 3.41. The molecule has 0 radical (unpaired) electrons. The molecule has 1 atom stereocenters. The quantitative estimate of drug-likeness (QED) is 0.890. The molecule has 1 aromatic carbocycles. The van der Waals surface area contributed by atoms with Gasteiger partial charge in [-0.05, 0) is 37.0 Å². The number of benzene rings is 1. The lowest BCUT2D eigenvalue weighted by atomic mass is 9.88. The first-order valence-corrected chi connectivity index (χ1v) is 6.17. The second-order valence-electron chi connectivity index (χ2n) is 4.25. The van der Waals surface area contributed by atoms with Crippen LogP contribution in [0, 0.1) is 5.92 Å². The van der Waals surface area contributed by atoms with Crippen LogP contribution in [0.5, 0.6) is 5.75 Å². The van der Waals surface area contributed by atoms with E-state index in [-0.39, 0.29) is 12.5 Å². The van der Waals surface area contributed by atoms with Gasteiger partial charge in [0.15, 0.2) is 0 Å². The van der Waals surface area contributed by atoms with Gasteiger partial charge < -0.3 is 15.6 Å². The highest BCUT2D eigenvalue weighted by molar-refractivity contribution is 9.10. The molecule has 0 heterocycles. The highest BCUT2D eigenvalue weighted by atomic mass is 79.9. The molecule has 0 amide bonds. The molecule has 2 rings (SSSR count). The zero-order valence-corrected chi connectivity index (χ0v) is 10.8. The van der Waals surface area contributed by atoms with Crippen molar-refractivity contribution in [2.45, 2.75) is 18.4 Å². The molecule has 1 aliphatic carbocycles. The summed E-state index contributed by atoms with van der Waals surface area (Å²) in [5.41, 5.74) is 5.57. The zero-order chi connectivity index (χ0) is 11.8. The molecule has 16 heavy (non-hydrogen) atoms. The maximum atomic E-state index is 10.6. The van der Waals surface area contributed by atoms with Gasteiger partial charge in [0, 0.05) is 16.6 Å². The summed E-state index contributed by atoms with van der Waals surface area (Å²) < 4.78 is 6.22. The van der Waals surface area contributed by atoms with Crippen LogP contribution in [0.2, 0.25) is 0 Å². The summed E-state index contributed by atoms with van der Waals surface area (Å²) in [4.78, 5) is 0. The van der Waals surface area contributed by atoms with Gasteiger partial charge in [0.05, 0.1) is 7.11 Å². The second kappa shape index (κ2) is 4.35. The van der Waals surface area contributed by atoms with Crippen molar-refractivity contribution in [1.29, 1.82) is 0 Å². The molecule has 1 fully saturated rings. The van der Waals surface area contributed by atoms with Gasteiger partial charge >= 0.3 is 0 Å². The summed E-state index contributed by atoms with van der Waals surface area (Å²) in [7, 11) is 1.61. The zero-order valence-electron chi connectivity index (χ0n) is 9.24. The highest BCUT2D eigenvalue weighted by Gasteiger charge is 2.45. The van der Waals surface area contributed by atoms with Crippen molar-refractivity contribution in [3.05, 3.63) is 28.2 Å². The minimum absolute atomic E-state index is 0.227. The van der Waals surface area contributed by atoms with Crippen LogP contribution in [-0.2, 0) is 5.60 Å². The minimum Gasteiger partial charge on any atom is -0.496 e. The topological polar surface area (TPSA) is 55.5 Å². The van der Waals surface area contributed by atoms with Crippen molar-refractivity contribution in [3.8, 4) is 5.75 Å². The minimum atomic E-state index is -0.949. The molecule has 0 aromatic heterocycles. The maximum Gasteiger partial charge on any atom is 0.125 e. The van der Waals surface area contributed by atoms with Crippen LogP contribution in [0.1, 0.15) is 18.4 Å². The number of hydrogen-bond acceptors (Lipinski definition) is 3. The SMILES string of the molecule is COc1ccc(Br)cc1C(O)(CN)C1CC1. The predicted molar refractivity (Wildman–Crippen MR) is 66.4 cm³/mol. The number of rotatable bonds is 4. The molecule has 0 bridgehead atoms. The van der Waals surface area contributed by atoms with Crippen LogP contribution in [0.4, 0.5) is 0 Å².